The molecule has 23 heavy (non-hydrogen) atoms. The lowest BCUT2D eigenvalue weighted by Gasteiger charge is -2.39. The third-order valence-corrected chi connectivity index (χ3v) is 5.01. The zero-order valence-corrected chi connectivity index (χ0v) is 13.7. The lowest BCUT2D eigenvalue weighted by Crippen LogP contribution is -2.50. The molecule has 0 aromatic carbocycles. The number of amides is 2. The second kappa shape index (κ2) is 6.31. The van der Waals surface area contributed by atoms with Crippen molar-refractivity contribution in [2.75, 3.05) is 39.9 Å². The second-order valence-corrected chi connectivity index (χ2v) is 6.44. The van der Waals surface area contributed by atoms with Gasteiger partial charge in [-0.1, -0.05) is 5.16 Å². The lowest BCUT2D eigenvalue weighted by molar-refractivity contribution is -0.138. The van der Waals surface area contributed by atoms with Crippen LogP contribution >= 0.6 is 0 Å². The van der Waals surface area contributed by atoms with Gasteiger partial charge in [-0.05, 0) is 26.2 Å². The number of aryl methyl sites for hydroxylation is 1. The van der Waals surface area contributed by atoms with E-state index >= 15 is 0 Å². The Labute approximate surface area is 135 Å². The van der Waals surface area contributed by atoms with Gasteiger partial charge in [-0.15, -0.1) is 0 Å². The van der Waals surface area contributed by atoms with Gasteiger partial charge in [0.2, 0.25) is 5.91 Å². The van der Waals surface area contributed by atoms with E-state index < -0.39 is 5.41 Å². The van der Waals surface area contributed by atoms with Gasteiger partial charge in [0.25, 0.3) is 5.91 Å². The number of ether oxygens (including phenoxy) is 1. The first-order valence-electron chi connectivity index (χ1n) is 8.06. The number of carbonyl (C=O) groups is 2. The largest absolute Gasteiger partial charge is 0.383 e. The van der Waals surface area contributed by atoms with E-state index in [1.54, 1.807) is 18.9 Å². The fourth-order valence-electron chi connectivity index (χ4n) is 3.67. The smallest absolute Gasteiger partial charge is 0.259 e. The number of piperidine rings is 1. The van der Waals surface area contributed by atoms with Gasteiger partial charge in [0.1, 0.15) is 11.3 Å². The van der Waals surface area contributed by atoms with Crippen LogP contribution in [0.2, 0.25) is 0 Å². The molecule has 3 rings (SSSR count). The molecule has 2 fully saturated rings. The molecule has 0 saturated carbocycles. The third-order valence-electron chi connectivity index (χ3n) is 5.01. The van der Waals surface area contributed by atoms with E-state index in [2.05, 4.69) is 5.16 Å². The number of rotatable bonds is 4. The summed E-state index contributed by atoms with van der Waals surface area (Å²) in [5.41, 5.74) is 0.0657. The molecule has 0 N–H and O–H groups in total. The molecule has 2 amide bonds. The Hall–Kier alpha value is -1.89. The summed E-state index contributed by atoms with van der Waals surface area (Å²) in [5.74, 6) is 0.592. The second-order valence-electron chi connectivity index (χ2n) is 6.44. The standard InChI is InChI=1S/C16H23N3O4/c1-12-13(10-17-23-12)14(20)19-6-3-4-16(11-19)5-7-18(15(16)21)8-9-22-2/h10H,3-9,11H2,1-2H3/t16-/m0/s1. The minimum absolute atomic E-state index is 0.0917. The van der Waals surface area contributed by atoms with Crippen LogP contribution in [-0.2, 0) is 9.53 Å². The summed E-state index contributed by atoms with van der Waals surface area (Å²) in [6.45, 7) is 4.80. The Bertz CT molecular complexity index is 600. The van der Waals surface area contributed by atoms with Crippen LogP contribution in [0.4, 0.5) is 0 Å². The van der Waals surface area contributed by atoms with E-state index in [1.165, 1.54) is 6.20 Å². The fourth-order valence-corrected chi connectivity index (χ4v) is 3.67. The molecule has 1 spiro atoms. The zero-order valence-electron chi connectivity index (χ0n) is 13.7. The normalized spacial score (nSPS) is 24.7. The number of hydrogen-bond donors (Lipinski definition) is 0. The van der Waals surface area contributed by atoms with Crippen LogP contribution in [0.15, 0.2) is 10.7 Å². The first-order chi connectivity index (χ1) is 11.1. The number of carbonyl (C=O) groups excluding carboxylic acids is 2. The molecule has 7 nitrogen and oxygen atoms in total. The fraction of sp³-hybridized carbons (Fsp3) is 0.688. The summed E-state index contributed by atoms with van der Waals surface area (Å²) in [6, 6.07) is 0. The molecule has 2 saturated heterocycles. The van der Waals surface area contributed by atoms with Crippen LogP contribution in [-0.4, -0.2) is 66.7 Å². The Kier molecular flexibility index (Phi) is 4.39. The third kappa shape index (κ3) is 2.85. The van der Waals surface area contributed by atoms with Crippen LogP contribution in [0.1, 0.15) is 35.4 Å². The molecule has 126 valence electrons. The maximum atomic E-state index is 12.8. The van der Waals surface area contributed by atoms with Gasteiger partial charge < -0.3 is 19.1 Å². The van der Waals surface area contributed by atoms with Crippen LogP contribution in [0.5, 0.6) is 0 Å². The summed E-state index contributed by atoms with van der Waals surface area (Å²) in [7, 11) is 1.64. The number of nitrogens with zero attached hydrogens (tertiary/aromatic N) is 3. The lowest BCUT2D eigenvalue weighted by atomic mass is 9.78. The molecule has 1 atom stereocenters. The van der Waals surface area contributed by atoms with E-state index in [9.17, 15) is 9.59 Å². The number of hydrogen-bond acceptors (Lipinski definition) is 5. The Morgan fingerprint density at radius 1 is 1.43 bits per heavy atom. The van der Waals surface area contributed by atoms with Gasteiger partial charge in [0, 0.05) is 33.3 Å². The maximum absolute atomic E-state index is 12.8. The predicted octanol–water partition coefficient (Wildman–Crippen LogP) is 1.08. The van der Waals surface area contributed by atoms with E-state index in [0.29, 0.717) is 37.6 Å². The maximum Gasteiger partial charge on any atom is 0.259 e. The molecular formula is C16H23N3O4. The Morgan fingerprint density at radius 3 is 2.96 bits per heavy atom. The van der Waals surface area contributed by atoms with Crippen LogP contribution in [0.25, 0.3) is 0 Å². The van der Waals surface area contributed by atoms with Crippen molar-refractivity contribution in [2.24, 2.45) is 5.41 Å². The van der Waals surface area contributed by atoms with E-state index in [4.69, 9.17) is 9.26 Å². The summed E-state index contributed by atoms with van der Waals surface area (Å²) in [5, 5.41) is 3.68. The Morgan fingerprint density at radius 2 is 2.26 bits per heavy atom. The summed E-state index contributed by atoms with van der Waals surface area (Å²) >= 11 is 0. The van der Waals surface area contributed by atoms with E-state index in [-0.39, 0.29) is 11.8 Å². The van der Waals surface area contributed by atoms with Crippen LogP contribution in [0.3, 0.4) is 0 Å². The highest BCUT2D eigenvalue weighted by atomic mass is 16.5. The molecule has 1 aromatic rings. The topological polar surface area (TPSA) is 75.9 Å². The van der Waals surface area contributed by atoms with Crippen molar-refractivity contribution < 1.29 is 18.8 Å². The monoisotopic (exact) mass is 321 g/mol. The molecule has 2 aliphatic rings. The highest BCUT2D eigenvalue weighted by Crippen LogP contribution is 2.40. The van der Waals surface area contributed by atoms with E-state index in [1.807, 2.05) is 4.90 Å². The van der Waals surface area contributed by atoms with Crippen molar-refractivity contribution in [1.29, 1.82) is 0 Å². The first kappa shape index (κ1) is 16.0. The SMILES string of the molecule is COCCN1CC[C@]2(CCCN(C(=O)c3cnoc3C)C2)C1=O. The number of aromatic nitrogens is 1. The van der Waals surface area contributed by atoms with Gasteiger partial charge in [-0.25, -0.2) is 0 Å². The van der Waals surface area contributed by atoms with Crippen LogP contribution < -0.4 is 0 Å². The predicted molar refractivity (Wildman–Crippen MR) is 81.9 cm³/mol. The average molecular weight is 321 g/mol. The Balaban J connectivity index is 1.72. The van der Waals surface area contributed by atoms with Crippen molar-refractivity contribution in [1.82, 2.24) is 15.0 Å². The summed E-state index contributed by atoms with van der Waals surface area (Å²) in [6.07, 6.45) is 3.96. The van der Waals surface area contributed by atoms with Crippen molar-refractivity contribution in [3.8, 4) is 0 Å². The van der Waals surface area contributed by atoms with Gasteiger partial charge in [0.05, 0.1) is 18.2 Å². The highest BCUT2D eigenvalue weighted by molar-refractivity contribution is 5.95. The van der Waals surface area contributed by atoms with Gasteiger partial charge in [-0.2, -0.15) is 0 Å². The van der Waals surface area contributed by atoms with Gasteiger partial charge in [0.15, 0.2) is 0 Å². The van der Waals surface area contributed by atoms with Crippen molar-refractivity contribution in [3.05, 3.63) is 17.5 Å². The van der Waals surface area contributed by atoms with Crippen molar-refractivity contribution in [2.45, 2.75) is 26.2 Å². The molecule has 2 aliphatic heterocycles. The van der Waals surface area contributed by atoms with Gasteiger partial charge >= 0.3 is 0 Å². The molecule has 7 heteroatoms. The molecule has 0 unspecified atom stereocenters. The molecule has 0 bridgehead atoms. The van der Waals surface area contributed by atoms with Crippen molar-refractivity contribution >= 4 is 11.8 Å². The molecule has 1 aromatic heterocycles. The number of methoxy groups -OCH3 is 1. The molecular weight excluding hydrogens is 298 g/mol. The van der Waals surface area contributed by atoms with E-state index in [0.717, 1.165) is 25.8 Å². The molecule has 0 radical (unpaired) electrons. The summed E-state index contributed by atoms with van der Waals surface area (Å²) < 4.78 is 10.1. The van der Waals surface area contributed by atoms with Crippen LogP contribution in [0, 0.1) is 12.3 Å². The molecule has 3 heterocycles. The first-order valence-corrected chi connectivity index (χ1v) is 8.06. The minimum Gasteiger partial charge on any atom is -0.383 e. The summed E-state index contributed by atoms with van der Waals surface area (Å²) in [4.78, 5) is 29.1. The zero-order chi connectivity index (χ0) is 16.4. The average Bonchev–Trinajstić information content (AvgIpc) is 3.11. The van der Waals surface area contributed by atoms with Crippen molar-refractivity contribution in [3.63, 3.8) is 0 Å². The highest BCUT2D eigenvalue weighted by Gasteiger charge is 2.49. The number of likely N-dealkylation sites (tertiary alicyclic amines) is 2. The quantitative estimate of drug-likeness (QED) is 0.829. The minimum atomic E-state index is -0.424. The molecule has 0 aliphatic carbocycles. The van der Waals surface area contributed by atoms with Gasteiger partial charge in [-0.3, -0.25) is 9.59 Å².